The molecule has 0 heterocycles. The molecule has 0 fully saturated rings. The third-order valence-corrected chi connectivity index (χ3v) is 4.23. The van der Waals surface area contributed by atoms with Gasteiger partial charge < -0.3 is 9.47 Å². The molecule has 122 valence electrons. The van der Waals surface area contributed by atoms with Crippen LogP contribution in [0.5, 0.6) is 11.5 Å². The molecule has 2 aromatic rings. The van der Waals surface area contributed by atoms with Gasteiger partial charge in [0, 0.05) is 12.3 Å². The highest BCUT2D eigenvalue weighted by atomic mass is 16.5. The van der Waals surface area contributed by atoms with E-state index in [9.17, 15) is 4.79 Å². The molecule has 3 rings (SSSR count). The lowest BCUT2D eigenvalue weighted by atomic mass is 9.82. The van der Waals surface area contributed by atoms with Crippen molar-refractivity contribution in [3.8, 4) is 11.5 Å². The first-order valence-corrected chi connectivity index (χ1v) is 7.90. The Bertz CT molecular complexity index is 720. The van der Waals surface area contributed by atoms with E-state index in [0.717, 1.165) is 28.2 Å². The van der Waals surface area contributed by atoms with Crippen LogP contribution in [-0.2, 0) is 4.79 Å². The summed E-state index contributed by atoms with van der Waals surface area (Å²) in [5, 5.41) is 0. The van der Waals surface area contributed by atoms with Crippen LogP contribution < -0.4 is 9.47 Å². The first-order valence-electron chi connectivity index (χ1n) is 7.90. The number of methoxy groups -OCH3 is 2. The molecule has 3 nitrogen and oxygen atoms in total. The Morgan fingerprint density at radius 2 is 1.29 bits per heavy atom. The molecule has 2 aromatic carbocycles. The molecule has 0 saturated heterocycles. The number of carbonyl (C=O) groups excluding carboxylic acids is 1. The summed E-state index contributed by atoms with van der Waals surface area (Å²) < 4.78 is 10.5. The molecule has 0 aromatic heterocycles. The van der Waals surface area contributed by atoms with E-state index in [4.69, 9.17) is 9.47 Å². The van der Waals surface area contributed by atoms with E-state index in [2.05, 4.69) is 24.3 Å². The van der Waals surface area contributed by atoms with E-state index in [-0.39, 0.29) is 11.7 Å². The van der Waals surface area contributed by atoms with Gasteiger partial charge in [-0.15, -0.1) is 0 Å². The summed E-state index contributed by atoms with van der Waals surface area (Å²) in [5.41, 5.74) is 3.45. The van der Waals surface area contributed by atoms with Crippen LogP contribution >= 0.6 is 0 Å². The first-order chi connectivity index (χ1) is 11.7. The third-order valence-electron chi connectivity index (χ3n) is 4.23. The molecule has 0 bridgehead atoms. The van der Waals surface area contributed by atoms with Gasteiger partial charge in [0.1, 0.15) is 11.5 Å². The van der Waals surface area contributed by atoms with Gasteiger partial charge in [-0.3, -0.25) is 4.79 Å². The summed E-state index contributed by atoms with van der Waals surface area (Å²) in [5.74, 6) is 1.87. The molecule has 0 saturated carbocycles. The summed E-state index contributed by atoms with van der Waals surface area (Å²) in [6, 6.07) is 16.1. The molecule has 3 heteroatoms. The van der Waals surface area contributed by atoms with E-state index >= 15 is 0 Å². The number of hydrogen-bond donors (Lipinski definition) is 0. The average molecular weight is 320 g/mol. The fraction of sp³-hybridized carbons (Fsp3) is 0.190. The predicted octanol–water partition coefficient (Wildman–Crippen LogP) is 4.29. The summed E-state index contributed by atoms with van der Waals surface area (Å²) in [4.78, 5) is 11.5. The van der Waals surface area contributed by atoms with Crippen molar-refractivity contribution in [2.45, 2.75) is 12.3 Å². The van der Waals surface area contributed by atoms with E-state index in [0.29, 0.717) is 6.42 Å². The van der Waals surface area contributed by atoms with Crippen LogP contribution in [-0.4, -0.2) is 20.0 Å². The molecular weight excluding hydrogens is 300 g/mol. The van der Waals surface area contributed by atoms with Crippen molar-refractivity contribution >= 4 is 5.78 Å². The van der Waals surface area contributed by atoms with Crippen LogP contribution in [0.2, 0.25) is 0 Å². The maximum Gasteiger partial charge on any atom is 0.159 e. The quantitative estimate of drug-likeness (QED) is 0.824. The monoisotopic (exact) mass is 320 g/mol. The number of hydrogen-bond acceptors (Lipinski definition) is 3. The molecule has 0 amide bonds. The number of carbonyl (C=O) groups is 1. The highest BCUT2D eigenvalue weighted by Gasteiger charge is 2.20. The Labute approximate surface area is 142 Å². The Kier molecular flexibility index (Phi) is 4.80. The fourth-order valence-corrected chi connectivity index (χ4v) is 2.93. The van der Waals surface area contributed by atoms with Crippen LogP contribution in [0, 0.1) is 0 Å². The van der Waals surface area contributed by atoms with Gasteiger partial charge in [-0.1, -0.05) is 36.4 Å². The zero-order chi connectivity index (χ0) is 16.9. The highest BCUT2D eigenvalue weighted by Crippen LogP contribution is 2.35. The minimum absolute atomic E-state index is 0.0752. The Balaban J connectivity index is 2.02. The second kappa shape index (κ2) is 7.18. The van der Waals surface area contributed by atoms with Gasteiger partial charge in [-0.05, 0) is 47.0 Å². The number of ether oxygens (including phenoxy) is 2. The molecule has 1 aliphatic carbocycles. The largest absolute Gasteiger partial charge is 0.497 e. The van der Waals surface area contributed by atoms with E-state index in [1.807, 2.05) is 36.4 Å². The Hall–Kier alpha value is -2.81. The smallest absolute Gasteiger partial charge is 0.159 e. The molecular formula is C21H20O3. The van der Waals surface area contributed by atoms with Crippen molar-refractivity contribution in [1.82, 2.24) is 0 Å². The lowest BCUT2D eigenvalue weighted by Gasteiger charge is -2.22. The molecule has 1 aliphatic rings. The minimum Gasteiger partial charge on any atom is -0.497 e. The molecule has 0 spiro atoms. The zero-order valence-corrected chi connectivity index (χ0v) is 13.9. The van der Waals surface area contributed by atoms with Gasteiger partial charge in [0.25, 0.3) is 0 Å². The summed E-state index contributed by atoms with van der Waals surface area (Å²) in [6.45, 7) is 0. The van der Waals surface area contributed by atoms with Gasteiger partial charge in [0.2, 0.25) is 0 Å². The normalized spacial score (nSPS) is 13.8. The number of allylic oxidation sites excluding steroid dienone is 4. The highest BCUT2D eigenvalue weighted by molar-refractivity contribution is 5.92. The molecule has 0 N–H and O–H groups in total. The molecule has 0 aliphatic heterocycles. The second-order valence-corrected chi connectivity index (χ2v) is 5.69. The number of rotatable bonds is 5. The van der Waals surface area contributed by atoms with Crippen molar-refractivity contribution in [2.75, 3.05) is 14.2 Å². The Morgan fingerprint density at radius 1 is 0.792 bits per heavy atom. The van der Waals surface area contributed by atoms with Crippen LogP contribution in [0.4, 0.5) is 0 Å². The standard InChI is InChI=1S/C21H20O3/c1-23-19-11-5-16(6-12-19)21(15-3-9-18(22)10-4-15)17-7-13-20(24-2)14-8-17/h3-9,11-14,21H,10H2,1-2H3. The van der Waals surface area contributed by atoms with E-state index in [1.54, 1.807) is 20.3 Å². The van der Waals surface area contributed by atoms with Gasteiger partial charge in [-0.25, -0.2) is 0 Å². The fourth-order valence-electron chi connectivity index (χ4n) is 2.93. The topological polar surface area (TPSA) is 35.5 Å². The van der Waals surface area contributed by atoms with Crippen LogP contribution in [0.25, 0.3) is 0 Å². The van der Waals surface area contributed by atoms with Crippen LogP contribution in [0.3, 0.4) is 0 Å². The molecule has 0 unspecified atom stereocenters. The second-order valence-electron chi connectivity index (χ2n) is 5.69. The number of ketones is 1. The molecule has 24 heavy (non-hydrogen) atoms. The minimum atomic E-state index is 0.0752. The maximum atomic E-state index is 11.5. The SMILES string of the molecule is COc1ccc(C(C2=CCC(=O)C=C2)c2ccc(OC)cc2)cc1. The summed E-state index contributed by atoms with van der Waals surface area (Å²) >= 11 is 0. The number of benzene rings is 2. The average Bonchev–Trinajstić information content (AvgIpc) is 2.64. The predicted molar refractivity (Wildman–Crippen MR) is 94.7 cm³/mol. The van der Waals surface area contributed by atoms with Crippen LogP contribution in [0.15, 0.2) is 72.3 Å². The van der Waals surface area contributed by atoms with Gasteiger partial charge in [0.15, 0.2) is 5.78 Å². The lowest BCUT2D eigenvalue weighted by molar-refractivity contribution is -0.113. The summed E-state index contributed by atoms with van der Waals surface area (Å²) in [7, 11) is 3.32. The van der Waals surface area contributed by atoms with Crippen molar-refractivity contribution < 1.29 is 14.3 Å². The first kappa shape index (κ1) is 16.1. The maximum absolute atomic E-state index is 11.5. The third kappa shape index (κ3) is 3.40. The van der Waals surface area contributed by atoms with Crippen molar-refractivity contribution in [2.24, 2.45) is 0 Å². The van der Waals surface area contributed by atoms with Gasteiger partial charge in [-0.2, -0.15) is 0 Å². The lowest BCUT2D eigenvalue weighted by Crippen LogP contribution is -2.07. The van der Waals surface area contributed by atoms with Crippen LogP contribution in [0.1, 0.15) is 23.5 Å². The zero-order valence-electron chi connectivity index (χ0n) is 13.9. The van der Waals surface area contributed by atoms with Crippen molar-refractivity contribution in [3.63, 3.8) is 0 Å². The van der Waals surface area contributed by atoms with E-state index in [1.165, 1.54) is 0 Å². The van der Waals surface area contributed by atoms with E-state index < -0.39 is 0 Å². The van der Waals surface area contributed by atoms with Gasteiger partial charge >= 0.3 is 0 Å². The summed E-state index contributed by atoms with van der Waals surface area (Å²) in [6.07, 6.45) is 6.05. The van der Waals surface area contributed by atoms with Gasteiger partial charge in [0.05, 0.1) is 14.2 Å². The molecule has 0 radical (unpaired) electrons. The Morgan fingerprint density at radius 3 is 1.67 bits per heavy atom. The van der Waals surface area contributed by atoms with Crippen molar-refractivity contribution in [1.29, 1.82) is 0 Å². The molecule has 0 atom stereocenters. The van der Waals surface area contributed by atoms with Crippen molar-refractivity contribution in [3.05, 3.63) is 83.5 Å².